The molecule has 16 heavy (non-hydrogen) atoms. The van der Waals surface area contributed by atoms with E-state index in [0.29, 0.717) is 0 Å². The van der Waals surface area contributed by atoms with Crippen molar-refractivity contribution in [3.63, 3.8) is 0 Å². The monoisotopic (exact) mass is 246 g/mol. The van der Waals surface area contributed by atoms with E-state index in [4.69, 9.17) is 20.1 Å². The van der Waals surface area contributed by atoms with Crippen LogP contribution in [0.3, 0.4) is 0 Å². The average molecular weight is 246 g/mol. The molecule has 0 fully saturated rings. The van der Waals surface area contributed by atoms with Gasteiger partial charge in [0.15, 0.2) is 0 Å². The van der Waals surface area contributed by atoms with Crippen molar-refractivity contribution in [2.24, 2.45) is 0 Å². The summed E-state index contributed by atoms with van der Waals surface area (Å²) in [5.74, 6) is -3.01. The summed E-state index contributed by atoms with van der Waals surface area (Å²) in [5.41, 5.74) is 0. The minimum absolute atomic E-state index is 0. The summed E-state index contributed by atoms with van der Waals surface area (Å²) < 4.78 is 0. The zero-order valence-corrected chi connectivity index (χ0v) is 11.8. The smallest absolute Gasteiger partial charge is 0.547 e. The molecule has 0 aliphatic carbocycles. The standard InChI is InChI=1S/C3H6O3.C3H6O2.C2H4O2.Na/c1-2(4)3(5)6;1-2-3(4)5;1-2(3)4;/h2,4H,1H3,(H,5,6);2H2,1H3,(H,4,5);1H3,(H,3,4);/q;;;+1/p-1. The third-order valence-corrected chi connectivity index (χ3v) is 0.644. The molecule has 0 saturated carbocycles. The molecule has 1 unspecified atom stereocenters. The van der Waals surface area contributed by atoms with Gasteiger partial charge in [0, 0.05) is 13.3 Å². The van der Waals surface area contributed by atoms with Gasteiger partial charge >= 0.3 is 35.5 Å². The molecular formula is C8H15NaO7. The minimum atomic E-state index is -1.44. The minimum Gasteiger partial charge on any atom is -0.547 e. The Kier molecular flexibility index (Phi) is 25.8. The maximum absolute atomic E-state index is 9.37. The molecular weight excluding hydrogens is 231 g/mol. The van der Waals surface area contributed by atoms with E-state index in [1.54, 1.807) is 6.92 Å². The number of aliphatic carboxylic acids is 3. The fourth-order valence-corrected chi connectivity index (χ4v) is 0. The van der Waals surface area contributed by atoms with Crippen LogP contribution >= 0.6 is 0 Å². The Bertz CT molecular complexity index is 199. The third kappa shape index (κ3) is 70.9. The van der Waals surface area contributed by atoms with Gasteiger partial charge in [-0.1, -0.05) is 6.92 Å². The average Bonchev–Trinajstić information content (AvgIpc) is 2.04. The van der Waals surface area contributed by atoms with Gasteiger partial charge in [0.1, 0.15) is 0 Å². The molecule has 0 radical (unpaired) electrons. The van der Waals surface area contributed by atoms with Crippen LogP contribution in [-0.2, 0) is 14.4 Å². The summed E-state index contributed by atoms with van der Waals surface area (Å²) in [6.45, 7) is 3.82. The Balaban J connectivity index is -0.0000000668. The second-order valence-electron chi connectivity index (χ2n) is 2.26. The summed E-state index contributed by atoms with van der Waals surface area (Å²) in [6, 6.07) is 0. The molecule has 8 heteroatoms. The van der Waals surface area contributed by atoms with E-state index in [1.165, 1.54) is 0 Å². The maximum Gasteiger partial charge on any atom is 1.00 e. The van der Waals surface area contributed by atoms with Crippen LogP contribution in [-0.4, -0.2) is 39.3 Å². The normalized spacial score (nSPS) is 9.00. The van der Waals surface area contributed by atoms with Crippen molar-refractivity contribution >= 4 is 17.9 Å². The molecule has 0 aromatic carbocycles. The Hall–Kier alpha value is -0.630. The van der Waals surface area contributed by atoms with E-state index in [2.05, 4.69) is 0 Å². The zero-order chi connectivity index (χ0) is 13.0. The van der Waals surface area contributed by atoms with Gasteiger partial charge < -0.3 is 25.2 Å². The molecule has 0 spiro atoms. The van der Waals surface area contributed by atoms with Crippen LogP contribution in [0.5, 0.6) is 0 Å². The van der Waals surface area contributed by atoms with Crippen molar-refractivity contribution in [1.82, 2.24) is 0 Å². The molecule has 0 aromatic rings. The molecule has 0 amide bonds. The van der Waals surface area contributed by atoms with Gasteiger partial charge in [0.05, 0.1) is 12.1 Å². The fourth-order valence-electron chi connectivity index (χ4n) is 0. The fraction of sp³-hybridized carbons (Fsp3) is 0.625. The van der Waals surface area contributed by atoms with Crippen molar-refractivity contribution in [2.45, 2.75) is 33.3 Å². The van der Waals surface area contributed by atoms with Crippen molar-refractivity contribution in [3.8, 4) is 0 Å². The van der Waals surface area contributed by atoms with E-state index in [0.717, 1.165) is 13.8 Å². The van der Waals surface area contributed by atoms with Gasteiger partial charge in [-0.2, -0.15) is 0 Å². The first-order chi connectivity index (χ1) is 6.64. The number of carboxylic acids is 3. The largest absolute Gasteiger partial charge is 1.00 e. The van der Waals surface area contributed by atoms with E-state index in [1.807, 2.05) is 0 Å². The number of hydrogen-bond acceptors (Lipinski definition) is 5. The number of hydrogen-bond donors (Lipinski definition) is 3. The molecule has 0 aromatic heterocycles. The molecule has 0 saturated heterocycles. The summed E-state index contributed by atoms with van der Waals surface area (Å²) in [6.07, 6.45) is -1.12. The molecule has 90 valence electrons. The van der Waals surface area contributed by atoms with Crippen molar-refractivity contribution in [3.05, 3.63) is 0 Å². The summed E-state index contributed by atoms with van der Waals surface area (Å²) in [4.78, 5) is 27.7. The molecule has 0 aliphatic heterocycles. The van der Waals surface area contributed by atoms with Gasteiger partial charge in [-0.25, -0.2) is 0 Å². The number of aliphatic hydroxyl groups excluding tert-OH is 1. The van der Waals surface area contributed by atoms with Crippen molar-refractivity contribution in [1.29, 1.82) is 0 Å². The van der Waals surface area contributed by atoms with E-state index >= 15 is 0 Å². The first-order valence-corrected chi connectivity index (χ1v) is 3.95. The van der Waals surface area contributed by atoms with Gasteiger partial charge in [0.25, 0.3) is 5.97 Å². The van der Waals surface area contributed by atoms with E-state index in [9.17, 15) is 14.7 Å². The molecule has 7 nitrogen and oxygen atoms in total. The van der Waals surface area contributed by atoms with Gasteiger partial charge in [-0.15, -0.1) is 0 Å². The van der Waals surface area contributed by atoms with Crippen molar-refractivity contribution in [2.75, 3.05) is 0 Å². The van der Waals surface area contributed by atoms with Crippen LogP contribution in [0.4, 0.5) is 0 Å². The van der Waals surface area contributed by atoms with Crippen LogP contribution in [0.15, 0.2) is 0 Å². The van der Waals surface area contributed by atoms with Crippen LogP contribution in [0.2, 0.25) is 0 Å². The number of rotatable bonds is 2. The van der Waals surface area contributed by atoms with Crippen LogP contribution in [0, 0.1) is 0 Å². The zero-order valence-electron chi connectivity index (χ0n) is 9.76. The second kappa shape index (κ2) is 16.8. The Morgan fingerprint density at radius 1 is 1.25 bits per heavy atom. The molecule has 3 N–H and O–H groups in total. The third-order valence-electron chi connectivity index (χ3n) is 0.644. The second-order valence-corrected chi connectivity index (χ2v) is 2.26. The van der Waals surface area contributed by atoms with Crippen molar-refractivity contribution < 1.29 is 64.4 Å². The molecule has 0 aliphatic rings. The predicted octanol–water partition coefficient (Wildman–Crippen LogP) is -4.31. The molecule has 0 bridgehead atoms. The number of carbonyl (C=O) groups is 3. The van der Waals surface area contributed by atoms with Crippen LogP contribution in [0.1, 0.15) is 27.2 Å². The molecule has 0 rings (SSSR count). The Morgan fingerprint density at radius 3 is 1.38 bits per heavy atom. The summed E-state index contributed by atoms with van der Waals surface area (Å²) in [7, 11) is 0. The van der Waals surface area contributed by atoms with Gasteiger partial charge in [-0.05, 0) is 6.92 Å². The summed E-state index contributed by atoms with van der Waals surface area (Å²) in [5, 5.41) is 32.4. The predicted molar refractivity (Wildman–Crippen MR) is 47.9 cm³/mol. The summed E-state index contributed by atoms with van der Waals surface area (Å²) >= 11 is 0. The number of carbonyl (C=O) groups excluding carboxylic acids is 1. The van der Waals surface area contributed by atoms with E-state index in [-0.39, 0.29) is 36.0 Å². The number of aliphatic hydroxyl groups is 1. The maximum atomic E-state index is 9.37. The van der Waals surface area contributed by atoms with Gasteiger partial charge in [0.2, 0.25) is 0 Å². The first kappa shape index (κ1) is 24.6. The molecule has 1 atom stereocenters. The topological polar surface area (TPSA) is 135 Å². The first-order valence-electron chi connectivity index (χ1n) is 3.95. The van der Waals surface area contributed by atoms with E-state index < -0.39 is 24.0 Å². The Labute approximate surface area is 115 Å². The molecule has 0 heterocycles. The van der Waals surface area contributed by atoms with Crippen LogP contribution < -0.4 is 34.7 Å². The van der Waals surface area contributed by atoms with Crippen LogP contribution in [0.25, 0.3) is 0 Å². The Morgan fingerprint density at radius 2 is 1.38 bits per heavy atom. The van der Waals surface area contributed by atoms with Gasteiger partial charge in [-0.3, -0.25) is 9.59 Å². The number of carboxylic acid groups (broad SMARTS) is 3. The quantitative estimate of drug-likeness (QED) is 0.419. The SMILES string of the molecule is CC(=O)O.CC(O)C(=O)[O-].CCC(=O)O.[Na+].